The van der Waals surface area contributed by atoms with E-state index in [1.54, 1.807) is 0 Å². The Labute approximate surface area is 138 Å². The summed E-state index contributed by atoms with van der Waals surface area (Å²) in [7, 11) is -11.1. The smallest absolute Gasteiger partial charge is 0.385 e. The SMILES string of the molecule is F[C-](F)F.O=S(=O)(F)CC(CS(=O)(=O)F)C(=C(F)F)C(F)F.[Os+]. The van der Waals surface area contributed by atoms with Gasteiger partial charge in [-0.05, 0) is 0 Å². The summed E-state index contributed by atoms with van der Waals surface area (Å²) in [5, 5.41) is 0. The van der Waals surface area contributed by atoms with Crippen molar-refractivity contribution in [2.45, 2.75) is 6.43 Å². The molecule has 0 rings (SSSR count). The molecule has 0 aliphatic rings. The fourth-order valence-electron chi connectivity index (χ4n) is 1.12. The summed E-state index contributed by atoms with van der Waals surface area (Å²) in [4.78, 5) is 0. The molecule has 0 aliphatic heterocycles. The predicted octanol–water partition coefficient (Wildman–Crippen LogP) is 2.96. The van der Waals surface area contributed by atoms with Crippen LogP contribution in [0.1, 0.15) is 0 Å². The fraction of sp³-hybridized carbons (Fsp3) is 0.571. The van der Waals surface area contributed by atoms with Crippen LogP contribution in [0.5, 0.6) is 0 Å². The van der Waals surface area contributed by atoms with Crippen LogP contribution >= 0.6 is 0 Å². The molecule has 0 fully saturated rings. The van der Waals surface area contributed by atoms with Gasteiger partial charge in [0.25, 0.3) is 12.5 Å². The first-order chi connectivity index (χ1) is 9.57. The molecule has 0 N–H and O–H groups in total. The quantitative estimate of drug-likeness (QED) is 0.276. The zero-order valence-corrected chi connectivity index (χ0v) is 14.4. The average molecular weight is 579 g/mol. The van der Waals surface area contributed by atoms with E-state index in [2.05, 4.69) is 0 Å². The molecular formula is C7H6F9O4OsS2. The molecule has 0 spiro atoms. The van der Waals surface area contributed by atoms with E-state index in [4.69, 9.17) is 0 Å². The van der Waals surface area contributed by atoms with Gasteiger partial charge in [0.15, 0.2) is 6.68 Å². The molecule has 0 heterocycles. The standard InChI is InChI=1S/C6H6F6O4S2.CF3.Os/c7-5(8)4(6(9)10)3(1-17(11,13)14)2-18(12,15)16;2-1(3)4;/h3,5H,1-2H2;;/q;-1;+1. The third kappa shape index (κ3) is 17.8. The van der Waals surface area contributed by atoms with Gasteiger partial charge in [-0.3, -0.25) is 0 Å². The summed E-state index contributed by atoms with van der Waals surface area (Å²) in [6.45, 7) is -3.08. The maximum Gasteiger partial charge on any atom is 1.00 e. The third-order valence-corrected chi connectivity index (χ3v) is 3.29. The van der Waals surface area contributed by atoms with E-state index in [0.717, 1.165) is 0 Å². The van der Waals surface area contributed by atoms with Crippen LogP contribution in [0.2, 0.25) is 0 Å². The van der Waals surface area contributed by atoms with Crippen molar-refractivity contribution in [1.82, 2.24) is 0 Å². The van der Waals surface area contributed by atoms with Gasteiger partial charge in [0, 0.05) is 5.92 Å². The van der Waals surface area contributed by atoms with Gasteiger partial charge in [0.2, 0.25) is 0 Å². The van der Waals surface area contributed by atoms with Crippen LogP contribution < -0.4 is 0 Å². The van der Waals surface area contributed by atoms with Crippen molar-refractivity contribution >= 4 is 20.4 Å². The van der Waals surface area contributed by atoms with Crippen molar-refractivity contribution in [2.24, 2.45) is 5.92 Å². The molecule has 16 heteroatoms. The van der Waals surface area contributed by atoms with Crippen molar-refractivity contribution in [3.63, 3.8) is 0 Å². The molecule has 0 saturated heterocycles. The van der Waals surface area contributed by atoms with Gasteiger partial charge in [-0.25, -0.2) is 8.78 Å². The van der Waals surface area contributed by atoms with E-state index in [-0.39, 0.29) is 19.8 Å². The van der Waals surface area contributed by atoms with E-state index in [9.17, 15) is 55.3 Å². The first-order valence-electron chi connectivity index (χ1n) is 4.58. The number of alkyl halides is 2. The average Bonchev–Trinajstić information content (AvgIpc) is 2.07. The van der Waals surface area contributed by atoms with Gasteiger partial charge in [0.1, 0.15) is 0 Å². The second kappa shape index (κ2) is 11.2. The van der Waals surface area contributed by atoms with Gasteiger partial charge >= 0.3 is 40.2 Å². The monoisotopic (exact) mass is 581 g/mol. The summed E-state index contributed by atoms with van der Waals surface area (Å²) in [6.07, 6.45) is -7.02. The van der Waals surface area contributed by atoms with Crippen molar-refractivity contribution in [2.75, 3.05) is 11.5 Å². The van der Waals surface area contributed by atoms with Crippen molar-refractivity contribution in [1.29, 1.82) is 0 Å². The summed E-state index contributed by atoms with van der Waals surface area (Å²) in [5.74, 6) is -6.65. The zero-order chi connectivity index (χ0) is 18.3. The Kier molecular flexibility index (Phi) is 13.4. The molecule has 1 radical (unpaired) electrons. The largest absolute Gasteiger partial charge is 1.00 e. The second-order valence-corrected chi connectivity index (χ2v) is 6.16. The van der Waals surface area contributed by atoms with Crippen LogP contribution in [0.15, 0.2) is 11.7 Å². The maximum absolute atomic E-state index is 12.2. The number of allylic oxidation sites excluding steroid dienone is 1. The summed E-state index contributed by atoms with van der Waals surface area (Å²) in [5.41, 5.74) is -2.21. The molecule has 0 aromatic heterocycles. The molecule has 0 saturated carbocycles. The Morgan fingerprint density at radius 2 is 1.13 bits per heavy atom. The number of rotatable bonds is 6. The van der Waals surface area contributed by atoms with Crippen molar-refractivity contribution in [3.05, 3.63) is 18.3 Å². The maximum atomic E-state index is 12.2. The van der Waals surface area contributed by atoms with Gasteiger partial charge in [-0.1, -0.05) is 0 Å². The van der Waals surface area contributed by atoms with Crippen LogP contribution in [-0.4, -0.2) is 34.8 Å². The van der Waals surface area contributed by atoms with E-state index in [0.29, 0.717) is 0 Å². The van der Waals surface area contributed by atoms with Crippen molar-refractivity contribution < 1.29 is 75.1 Å². The van der Waals surface area contributed by atoms with E-state index in [1.807, 2.05) is 0 Å². The molecule has 0 atom stereocenters. The molecule has 0 bridgehead atoms. The Morgan fingerprint density at radius 1 is 0.870 bits per heavy atom. The Morgan fingerprint density at radius 3 is 1.26 bits per heavy atom. The Bertz CT molecular complexity index is 534. The van der Waals surface area contributed by atoms with Gasteiger partial charge in [-0.2, -0.15) is 25.6 Å². The first kappa shape index (κ1) is 27.5. The van der Waals surface area contributed by atoms with E-state index < -0.39 is 62.6 Å². The van der Waals surface area contributed by atoms with E-state index >= 15 is 0 Å². The molecule has 0 amide bonds. The summed E-state index contributed by atoms with van der Waals surface area (Å²) in [6, 6.07) is 0. The van der Waals surface area contributed by atoms with Crippen LogP contribution in [0, 0.1) is 12.6 Å². The van der Waals surface area contributed by atoms with Crippen LogP contribution in [-0.2, 0) is 40.2 Å². The Hall–Kier alpha value is -0.354. The summed E-state index contributed by atoms with van der Waals surface area (Å²) >= 11 is 0. The number of halogens is 9. The topological polar surface area (TPSA) is 68.3 Å². The molecule has 0 unspecified atom stereocenters. The number of hydrogen-bond acceptors (Lipinski definition) is 4. The second-order valence-electron chi connectivity index (χ2n) is 3.34. The molecule has 23 heavy (non-hydrogen) atoms. The first-order valence-corrected chi connectivity index (χ1v) is 7.68. The minimum absolute atomic E-state index is 0. The molecule has 4 nitrogen and oxygen atoms in total. The molecular weight excluding hydrogens is 573 g/mol. The van der Waals surface area contributed by atoms with Crippen molar-refractivity contribution in [3.8, 4) is 0 Å². The Balaban J connectivity index is -0.000000712. The molecule has 0 aromatic rings. The molecule has 141 valence electrons. The van der Waals surface area contributed by atoms with Gasteiger partial charge in [0.05, 0.1) is 17.1 Å². The minimum atomic E-state index is -5.54. The molecule has 0 aliphatic carbocycles. The number of hydrogen-bond donors (Lipinski definition) is 0. The van der Waals surface area contributed by atoms with Gasteiger partial charge in [-0.15, -0.1) is 7.77 Å². The van der Waals surface area contributed by atoms with Gasteiger partial charge < -0.3 is 13.2 Å². The zero-order valence-electron chi connectivity index (χ0n) is 10.3. The minimum Gasteiger partial charge on any atom is -0.385 e. The van der Waals surface area contributed by atoms with E-state index in [1.165, 1.54) is 0 Å². The predicted molar refractivity (Wildman–Crippen MR) is 55.1 cm³/mol. The normalized spacial score (nSPS) is 11.8. The third-order valence-electron chi connectivity index (χ3n) is 1.69. The van der Waals surface area contributed by atoms with Crippen LogP contribution in [0.4, 0.5) is 38.5 Å². The van der Waals surface area contributed by atoms with Crippen LogP contribution in [0.3, 0.4) is 0 Å². The molecule has 0 aromatic carbocycles. The fourth-order valence-corrected chi connectivity index (χ4v) is 2.83. The summed E-state index contributed by atoms with van der Waals surface area (Å²) < 4.78 is 143. The van der Waals surface area contributed by atoms with Crippen LogP contribution in [0.25, 0.3) is 0 Å².